The second-order valence-electron chi connectivity index (χ2n) is 6.00. The predicted molar refractivity (Wildman–Crippen MR) is 85.2 cm³/mol. The highest BCUT2D eigenvalue weighted by Crippen LogP contribution is 2.16. The molecule has 1 heterocycles. The molecule has 1 aliphatic rings. The molecule has 0 spiro atoms. The van der Waals surface area contributed by atoms with E-state index in [0.29, 0.717) is 24.9 Å². The molecular weight excluding hydrogens is 296 g/mol. The highest BCUT2D eigenvalue weighted by Gasteiger charge is 2.28. The number of rotatable bonds is 4. The van der Waals surface area contributed by atoms with Crippen LogP contribution >= 0.6 is 0 Å². The molecule has 2 rings (SSSR count). The number of carboxylic acid groups (broad SMARTS) is 1. The topological polar surface area (TPSA) is 86.7 Å². The number of hydrogen-bond acceptors (Lipinski definition) is 3. The van der Waals surface area contributed by atoms with Crippen molar-refractivity contribution < 1.29 is 19.5 Å². The Balaban J connectivity index is 1.89. The molecule has 1 atom stereocenters. The quantitative estimate of drug-likeness (QED) is 0.877. The lowest BCUT2D eigenvalue weighted by Crippen LogP contribution is -2.46. The molecule has 0 aromatic heterocycles. The van der Waals surface area contributed by atoms with Crippen LogP contribution in [0, 0.1) is 19.8 Å². The second kappa shape index (κ2) is 7.26. The van der Waals surface area contributed by atoms with Crippen molar-refractivity contribution in [3.63, 3.8) is 0 Å². The van der Waals surface area contributed by atoms with Crippen LogP contribution in [0.15, 0.2) is 18.2 Å². The van der Waals surface area contributed by atoms with E-state index in [1.807, 2.05) is 19.9 Å². The maximum atomic E-state index is 12.1. The zero-order valence-corrected chi connectivity index (χ0v) is 13.5. The Kier molecular flexibility index (Phi) is 5.36. The summed E-state index contributed by atoms with van der Waals surface area (Å²) >= 11 is 0. The van der Waals surface area contributed by atoms with Crippen LogP contribution in [0.2, 0.25) is 0 Å². The van der Waals surface area contributed by atoms with Gasteiger partial charge in [0.2, 0.25) is 5.91 Å². The Morgan fingerprint density at radius 1 is 1.26 bits per heavy atom. The van der Waals surface area contributed by atoms with Gasteiger partial charge in [0.15, 0.2) is 0 Å². The van der Waals surface area contributed by atoms with E-state index in [2.05, 4.69) is 5.32 Å². The number of benzene rings is 1. The summed E-state index contributed by atoms with van der Waals surface area (Å²) in [4.78, 5) is 36.8. The van der Waals surface area contributed by atoms with Gasteiger partial charge in [-0.2, -0.15) is 0 Å². The SMILES string of the molecule is Cc1ccc(C(=O)NCC(=O)N2CCC[C@H](C(=O)O)C2)cc1C. The van der Waals surface area contributed by atoms with E-state index in [1.165, 1.54) is 4.90 Å². The molecule has 0 radical (unpaired) electrons. The van der Waals surface area contributed by atoms with E-state index < -0.39 is 11.9 Å². The fourth-order valence-electron chi connectivity index (χ4n) is 2.66. The van der Waals surface area contributed by atoms with Crippen LogP contribution in [-0.2, 0) is 9.59 Å². The van der Waals surface area contributed by atoms with E-state index in [4.69, 9.17) is 5.11 Å². The summed E-state index contributed by atoms with van der Waals surface area (Å²) < 4.78 is 0. The molecule has 23 heavy (non-hydrogen) atoms. The number of carbonyl (C=O) groups excluding carboxylic acids is 2. The number of piperidine rings is 1. The van der Waals surface area contributed by atoms with Gasteiger partial charge in [-0.05, 0) is 49.9 Å². The average Bonchev–Trinajstić information content (AvgIpc) is 2.54. The number of likely N-dealkylation sites (tertiary alicyclic amines) is 1. The summed E-state index contributed by atoms with van der Waals surface area (Å²) in [5, 5.41) is 11.7. The molecule has 0 saturated carbocycles. The van der Waals surface area contributed by atoms with Crippen LogP contribution in [-0.4, -0.2) is 47.4 Å². The van der Waals surface area contributed by atoms with Gasteiger partial charge in [0.1, 0.15) is 0 Å². The van der Waals surface area contributed by atoms with Crippen molar-refractivity contribution in [2.45, 2.75) is 26.7 Å². The summed E-state index contributed by atoms with van der Waals surface area (Å²) in [6.45, 7) is 4.54. The molecule has 2 amide bonds. The third kappa shape index (κ3) is 4.31. The van der Waals surface area contributed by atoms with E-state index in [-0.39, 0.29) is 24.9 Å². The van der Waals surface area contributed by atoms with Crippen molar-refractivity contribution in [2.75, 3.05) is 19.6 Å². The number of aliphatic carboxylic acids is 1. The first-order chi connectivity index (χ1) is 10.9. The Morgan fingerprint density at radius 3 is 2.65 bits per heavy atom. The summed E-state index contributed by atoms with van der Waals surface area (Å²) in [5.74, 6) is -1.92. The third-order valence-corrected chi connectivity index (χ3v) is 4.29. The minimum absolute atomic E-state index is 0.113. The Labute approximate surface area is 135 Å². The number of carbonyl (C=O) groups is 3. The zero-order valence-electron chi connectivity index (χ0n) is 13.5. The summed E-state index contributed by atoms with van der Waals surface area (Å²) in [7, 11) is 0. The molecule has 0 bridgehead atoms. The minimum atomic E-state index is -0.873. The maximum absolute atomic E-state index is 12.1. The van der Waals surface area contributed by atoms with Crippen molar-refractivity contribution in [3.8, 4) is 0 Å². The molecule has 1 aliphatic heterocycles. The van der Waals surface area contributed by atoms with Crippen LogP contribution in [0.4, 0.5) is 0 Å². The highest BCUT2D eigenvalue weighted by molar-refractivity contribution is 5.96. The van der Waals surface area contributed by atoms with E-state index >= 15 is 0 Å². The number of aryl methyl sites for hydroxylation is 2. The van der Waals surface area contributed by atoms with Gasteiger partial charge in [-0.25, -0.2) is 0 Å². The minimum Gasteiger partial charge on any atom is -0.481 e. The van der Waals surface area contributed by atoms with Gasteiger partial charge in [-0.1, -0.05) is 6.07 Å². The molecular formula is C17H22N2O4. The number of hydrogen-bond donors (Lipinski definition) is 2. The Bertz CT molecular complexity index is 627. The lowest BCUT2D eigenvalue weighted by Gasteiger charge is -2.30. The number of nitrogens with one attached hydrogen (secondary N) is 1. The number of carboxylic acids is 1. The Morgan fingerprint density at radius 2 is 2.00 bits per heavy atom. The van der Waals surface area contributed by atoms with Crippen LogP contribution in [0.25, 0.3) is 0 Å². The monoisotopic (exact) mass is 318 g/mol. The molecule has 124 valence electrons. The van der Waals surface area contributed by atoms with E-state index in [9.17, 15) is 14.4 Å². The van der Waals surface area contributed by atoms with Crippen LogP contribution < -0.4 is 5.32 Å². The van der Waals surface area contributed by atoms with Gasteiger partial charge in [0, 0.05) is 18.7 Å². The van der Waals surface area contributed by atoms with Gasteiger partial charge >= 0.3 is 5.97 Å². The highest BCUT2D eigenvalue weighted by atomic mass is 16.4. The third-order valence-electron chi connectivity index (χ3n) is 4.29. The van der Waals surface area contributed by atoms with Gasteiger partial charge in [0.05, 0.1) is 12.5 Å². The molecule has 6 nitrogen and oxygen atoms in total. The maximum Gasteiger partial charge on any atom is 0.308 e. The van der Waals surface area contributed by atoms with Crippen molar-refractivity contribution in [1.82, 2.24) is 10.2 Å². The van der Waals surface area contributed by atoms with Crippen LogP contribution in [0.3, 0.4) is 0 Å². The molecule has 1 aromatic carbocycles. The first-order valence-corrected chi connectivity index (χ1v) is 7.74. The van der Waals surface area contributed by atoms with E-state index in [0.717, 1.165) is 11.1 Å². The average molecular weight is 318 g/mol. The van der Waals surface area contributed by atoms with Gasteiger partial charge < -0.3 is 15.3 Å². The fourth-order valence-corrected chi connectivity index (χ4v) is 2.66. The Hall–Kier alpha value is -2.37. The van der Waals surface area contributed by atoms with Crippen LogP contribution in [0.1, 0.15) is 34.3 Å². The first-order valence-electron chi connectivity index (χ1n) is 7.74. The van der Waals surface area contributed by atoms with Gasteiger partial charge in [-0.15, -0.1) is 0 Å². The van der Waals surface area contributed by atoms with E-state index in [1.54, 1.807) is 12.1 Å². The lowest BCUT2D eigenvalue weighted by atomic mass is 9.98. The zero-order chi connectivity index (χ0) is 17.0. The molecule has 0 aliphatic carbocycles. The normalized spacial score (nSPS) is 17.7. The largest absolute Gasteiger partial charge is 0.481 e. The predicted octanol–water partition coefficient (Wildman–Crippen LogP) is 1.36. The van der Waals surface area contributed by atoms with Crippen molar-refractivity contribution >= 4 is 17.8 Å². The standard InChI is InChI=1S/C17H22N2O4/c1-11-5-6-13(8-12(11)2)16(21)18-9-15(20)19-7-3-4-14(10-19)17(22)23/h5-6,8,14H,3-4,7,9-10H2,1-2H3,(H,18,21)(H,22,23)/t14-/m0/s1. The molecule has 2 N–H and O–H groups in total. The molecule has 1 aromatic rings. The number of amides is 2. The summed E-state index contributed by atoms with van der Waals surface area (Å²) in [6, 6.07) is 5.38. The summed E-state index contributed by atoms with van der Waals surface area (Å²) in [5.41, 5.74) is 2.64. The smallest absolute Gasteiger partial charge is 0.308 e. The first kappa shape index (κ1) is 17.0. The fraction of sp³-hybridized carbons (Fsp3) is 0.471. The lowest BCUT2D eigenvalue weighted by molar-refractivity contribution is -0.145. The van der Waals surface area contributed by atoms with Gasteiger partial charge in [-0.3, -0.25) is 14.4 Å². The van der Waals surface area contributed by atoms with Crippen LogP contribution in [0.5, 0.6) is 0 Å². The molecule has 6 heteroatoms. The van der Waals surface area contributed by atoms with Crippen molar-refractivity contribution in [2.24, 2.45) is 5.92 Å². The number of nitrogens with zero attached hydrogens (tertiary/aromatic N) is 1. The molecule has 0 unspecified atom stereocenters. The molecule has 1 fully saturated rings. The molecule has 1 saturated heterocycles. The van der Waals surface area contributed by atoms with Gasteiger partial charge in [0.25, 0.3) is 5.91 Å². The van der Waals surface area contributed by atoms with Crippen molar-refractivity contribution in [3.05, 3.63) is 34.9 Å². The second-order valence-corrected chi connectivity index (χ2v) is 6.00. The van der Waals surface area contributed by atoms with Crippen molar-refractivity contribution in [1.29, 1.82) is 0 Å². The summed E-state index contributed by atoms with van der Waals surface area (Å²) in [6.07, 6.45) is 1.27.